The van der Waals surface area contributed by atoms with Gasteiger partial charge in [-0.3, -0.25) is 19.4 Å². The Morgan fingerprint density at radius 2 is 1.57 bits per heavy atom. The Balaban J connectivity index is 0.00000284. The first kappa shape index (κ1) is 45.6. The summed E-state index contributed by atoms with van der Waals surface area (Å²) >= 11 is 0. The zero-order valence-corrected chi connectivity index (χ0v) is 38.4. The van der Waals surface area contributed by atoms with Gasteiger partial charge in [-0.2, -0.15) is 0 Å². The number of nitrogens with two attached hydrogens (primary N) is 1. The van der Waals surface area contributed by atoms with Crippen molar-refractivity contribution in [2.45, 2.75) is 116 Å². The number of ether oxygens (including phenoxy) is 1. The van der Waals surface area contributed by atoms with Crippen molar-refractivity contribution in [1.82, 2.24) is 40.0 Å². The molecule has 0 bridgehead atoms. The second-order valence-corrected chi connectivity index (χ2v) is 19.0. The lowest BCUT2D eigenvalue weighted by Crippen LogP contribution is -2.51. The van der Waals surface area contributed by atoms with Crippen LogP contribution in [0, 0.1) is 23.1 Å². The number of benzene rings is 2. The van der Waals surface area contributed by atoms with Gasteiger partial charge in [0.2, 0.25) is 11.8 Å². The molecule has 3 fully saturated rings. The molecule has 3 amide bonds. The maximum Gasteiger partial charge on any atom is 0.407 e. The molecule has 5 heterocycles. The summed E-state index contributed by atoms with van der Waals surface area (Å²) < 4.78 is 21.6. The fraction of sp³-hybridized carbons (Fsp3) is 0.500. The minimum atomic E-state index is -0.724. The van der Waals surface area contributed by atoms with Gasteiger partial charge in [-0.25, -0.2) is 19.2 Å². The number of hydrogen-bond donors (Lipinski definition) is 4. The number of alkyl carbamates (subject to hydrolysis) is 1. The molecule has 1 saturated carbocycles. The summed E-state index contributed by atoms with van der Waals surface area (Å²) in [6.45, 7) is 9.04. The lowest BCUT2D eigenvalue weighted by molar-refractivity contribution is -0.135. The monoisotopic (exact) mass is 887 g/mol. The van der Waals surface area contributed by atoms with Crippen molar-refractivity contribution in [2.75, 3.05) is 27.2 Å². The minimum Gasteiger partial charge on any atom is -0.453 e. The number of carbonyl (C=O) groups is 3. The van der Waals surface area contributed by atoms with Crippen LogP contribution >= 0.6 is 0 Å². The average Bonchev–Trinajstić information content (AvgIpc) is 4.16. The van der Waals surface area contributed by atoms with Gasteiger partial charge in [0.25, 0.3) is 5.56 Å². The normalized spacial score (nSPS) is 19.2. The first-order chi connectivity index (χ1) is 31.3. The first-order valence-corrected chi connectivity index (χ1v) is 23.3. The Bertz CT molecular complexity index is 2630. The van der Waals surface area contributed by atoms with Crippen LogP contribution in [0.5, 0.6) is 0 Å². The third-order valence-electron chi connectivity index (χ3n) is 13.9. The van der Waals surface area contributed by atoms with Crippen LogP contribution in [0.4, 0.5) is 9.18 Å². The van der Waals surface area contributed by atoms with E-state index in [0.29, 0.717) is 58.9 Å². The highest BCUT2D eigenvalue weighted by atomic mass is 19.1. The molecule has 9 rings (SSSR count). The Kier molecular flexibility index (Phi) is 13.2. The van der Waals surface area contributed by atoms with Crippen LogP contribution in [0.25, 0.3) is 44.5 Å². The van der Waals surface area contributed by atoms with Crippen LogP contribution in [0.3, 0.4) is 0 Å². The van der Waals surface area contributed by atoms with Crippen LogP contribution < -0.4 is 16.6 Å². The number of likely N-dealkylation sites (tertiary alicyclic amines) is 2. The maximum atomic E-state index is 16.9. The van der Waals surface area contributed by atoms with Gasteiger partial charge in [-0.1, -0.05) is 46.6 Å². The summed E-state index contributed by atoms with van der Waals surface area (Å²) in [5, 5.41) is 3.09. The van der Waals surface area contributed by atoms with Crippen LogP contribution in [-0.2, 0) is 27.2 Å². The van der Waals surface area contributed by atoms with Gasteiger partial charge in [-0.15, -0.1) is 0 Å². The number of H-pyrrole nitrogens is 2. The van der Waals surface area contributed by atoms with Crippen molar-refractivity contribution < 1.29 is 23.5 Å². The molecule has 65 heavy (non-hydrogen) atoms. The first-order valence-electron chi connectivity index (χ1n) is 23.3. The van der Waals surface area contributed by atoms with E-state index in [1.165, 1.54) is 14.2 Å². The van der Waals surface area contributed by atoms with Crippen LogP contribution in [-0.4, -0.2) is 85.9 Å². The lowest BCUT2D eigenvalue weighted by Gasteiger charge is -2.30. The fourth-order valence-electron chi connectivity index (χ4n) is 10.8. The van der Waals surface area contributed by atoms with Gasteiger partial charge in [0.1, 0.15) is 23.5 Å². The van der Waals surface area contributed by atoms with Crippen molar-refractivity contribution in [3.8, 4) is 33.6 Å². The molecule has 2 aromatic carbocycles. The number of imidazole rings is 1. The van der Waals surface area contributed by atoms with Crippen molar-refractivity contribution in [3.63, 3.8) is 0 Å². The molecule has 1 unspecified atom stereocenters. The summed E-state index contributed by atoms with van der Waals surface area (Å²) in [5.41, 5.74) is 11.1. The summed E-state index contributed by atoms with van der Waals surface area (Å²) in [4.78, 5) is 77.0. The second kappa shape index (κ2) is 18.9. The largest absolute Gasteiger partial charge is 0.453 e. The Hall–Kier alpha value is -5.96. The number of nitrogens with one attached hydrogen (secondary N) is 3. The molecule has 5 N–H and O–H groups in total. The number of rotatable bonds is 10. The molecule has 3 atom stereocenters. The van der Waals surface area contributed by atoms with Crippen LogP contribution in [0.15, 0.2) is 53.6 Å². The van der Waals surface area contributed by atoms with E-state index in [9.17, 15) is 19.2 Å². The zero-order chi connectivity index (χ0) is 46.2. The van der Waals surface area contributed by atoms with Crippen molar-refractivity contribution in [3.05, 3.63) is 87.7 Å². The molecule has 1 spiro atoms. The zero-order valence-electron chi connectivity index (χ0n) is 38.4. The number of aromatic amines is 2. The topological polar surface area (TPSA) is 192 Å². The second-order valence-electron chi connectivity index (χ2n) is 19.0. The smallest absolute Gasteiger partial charge is 0.407 e. The van der Waals surface area contributed by atoms with E-state index in [1.54, 1.807) is 29.4 Å². The predicted molar refractivity (Wildman–Crippen MR) is 248 cm³/mol. The van der Waals surface area contributed by atoms with E-state index in [0.717, 1.165) is 92.2 Å². The summed E-state index contributed by atoms with van der Waals surface area (Å²) in [6, 6.07) is 9.71. The molecule has 14 nitrogen and oxygen atoms in total. The van der Waals surface area contributed by atoms with Gasteiger partial charge in [0.15, 0.2) is 0 Å². The SMILES string of the molecule is CN.COC(=O)NC(C(=O)N1CCC[C@H]1c1ncc(-c2ccc(-c3cc(F)c(-c4ccc5nc([C@@H]6CCCN6C(=O)CC(C)C)[nH]c(=O)c5c4)c4c3CC3(CCCC3)C4)nc2)[nH]1)C(C)C. The maximum absolute atomic E-state index is 16.9. The molecule has 3 aromatic heterocycles. The number of halogens is 1. The molecule has 0 radical (unpaired) electrons. The summed E-state index contributed by atoms with van der Waals surface area (Å²) in [5.74, 6) is 0.813. The number of aromatic nitrogens is 5. The number of hydrogen-bond acceptors (Lipinski definition) is 9. The van der Waals surface area contributed by atoms with E-state index < -0.39 is 12.1 Å². The van der Waals surface area contributed by atoms with Crippen LogP contribution in [0.2, 0.25) is 0 Å². The van der Waals surface area contributed by atoms with Gasteiger partial charge in [0.05, 0.1) is 47.7 Å². The van der Waals surface area contributed by atoms with Crippen molar-refractivity contribution >= 4 is 28.8 Å². The van der Waals surface area contributed by atoms with Gasteiger partial charge >= 0.3 is 6.09 Å². The number of nitrogens with zero attached hydrogens (tertiary/aromatic N) is 5. The lowest BCUT2D eigenvalue weighted by atomic mass is 9.82. The summed E-state index contributed by atoms with van der Waals surface area (Å²) in [6.07, 6.45) is 12.6. The molecule has 2 aliphatic carbocycles. The quantitative estimate of drug-likeness (QED) is 0.107. The molecule has 2 saturated heterocycles. The van der Waals surface area contributed by atoms with Gasteiger partial charge in [0, 0.05) is 42.4 Å². The third kappa shape index (κ3) is 8.91. The Morgan fingerprint density at radius 1 is 0.877 bits per heavy atom. The Morgan fingerprint density at radius 3 is 2.25 bits per heavy atom. The Labute approximate surface area is 379 Å². The highest BCUT2D eigenvalue weighted by Crippen LogP contribution is 2.53. The number of carbonyl (C=O) groups excluding carboxylic acids is 3. The van der Waals surface area contributed by atoms with E-state index >= 15 is 4.39 Å². The van der Waals surface area contributed by atoms with Crippen molar-refractivity contribution in [2.24, 2.45) is 23.0 Å². The number of fused-ring (bicyclic) bond motifs is 2. The third-order valence-corrected chi connectivity index (χ3v) is 13.9. The van der Waals surface area contributed by atoms with E-state index in [-0.39, 0.29) is 52.5 Å². The van der Waals surface area contributed by atoms with E-state index in [1.807, 2.05) is 56.9 Å². The number of amides is 3. The van der Waals surface area contributed by atoms with Gasteiger partial charge < -0.3 is 35.6 Å². The minimum absolute atomic E-state index is 0.0664. The van der Waals surface area contributed by atoms with Gasteiger partial charge in [-0.05, 0) is 123 Å². The fourth-order valence-corrected chi connectivity index (χ4v) is 10.8. The molecule has 15 heteroatoms. The predicted octanol–water partition coefficient (Wildman–Crippen LogP) is 8.17. The van der Waals surface area contributed by atoms with Crippen LogP contribution in [0.1, 0.15) is 120 Å². The van der Waals surface area contributed by atoms with E-state index in [4.69, 9.17) is 19.7 Å². The molecule has 4 aliphatic rings. The number of pyridine rings is 1. The highest BCUT2D eigenvalue weighted by molar-refractivity contribution is 5.88. The molecular weight excluding hydrogens is 826 g/mol. The average molecular weight is 888 g/mol. The van der Waals surface area contributed by atoms with Crippen molar-refractivity contribution in [1.29, 1.82) is 0 Å². The standard InChI is InChI=1S/C49H57FN8O5.CH5N/c1-27(2)20-41(59)57-18-8-11-40(57)45-53-37-15-12-29(21-32(37)46(60)56-45)42-34-24-49(16-6-7-17-49)23-33(34)31(22-35(42)50)36-14-13-30(25-51-36)38-26-52-44(54-38)39-10-9-19-58(39)47(61)43(28(3)4)55-48(62)63-5;1-2/h12-15,21-22,25-28,39-40,43H,6-11,16-20,23-24H2,1-5H3,(H,52,54)(H,55,62)(H,53,56,60);2H2,1H3/t39-,40-,43?;/m0./s1. The molecular formula is C50H62FN9O5. The molecule has 5 aromatic rings. The summed E-state index contributed by atoms with van der Waals surface area (Å²) in [7, 11) is 2.78. The highest BCUT2D eigenvalue weighted by Gasteiger charge is 2.43. The molecule has 2 aliphatic heterocycles. The molecule has 344 valence electrons. The van der Waals surface area contributed by atoms with E-state index in [2.05, 4.69) is 21.0 Å². The number of methoxy groups -OCH3 is 1.